The summed E-state index contributed by atoms with van der Waals surface area (Å²) in [6.07, 6.45) is -0.740. The lowest BCUT2D eigenvalue weighted by Gasteiger charge is -2.26. The molecule has 0 bridgehead atoms. The molecule has 9 nitrogen and oxygen atoms in total. The summed E-state index contributed by atoms with van der Waals surface area (Å²) in [4.78, 5) is 28.9. The minimum Gasteiger partial charge on any atom is -0.379 e. The molecule has 0 unspecified atom stereocenters. The van der Waals surface area contributed by atoms with E-state index >= 15 is 0 Å². The summed E-state index contributed by atoms with van der Waals surface area (Å²) >= 11 is 0. The number of hydrogen-bond donors (Lipinski definition) is 2. The Morgan fingerprint density at radius 2 is 1.73 bits per heavy atom. The molecule has 0 spiro atoms. The average Bonchev–Trinajstić information content (AvgIpc) is 3.71. The number of benzene rings is 2. The number of nitrogens with zero attached hydrogens (tertiary/aromatic N) is 5. The van der Waals surface area contributed by atoms with Crippen molar-refractivity contribution in [1.82, 2.24) is 29.7 Å². The molecule has 2 aromatic heterocycles. The SMILES string of the molecule is O=C(NC1CC1)c1ccc(-c2nc(NCCN3CCOCC3)c3ncn(Cc4ccc(C(F)(F)F)cc4)c3n2)cc1. The first-order chi connectivity index (χ1) is 19.8. The van der Waals surface area contributed by atoms with Crippen molar-refractivity contribution in [3.63, 3.8) is 0 Å². The third kappa shape index (κ3) is 6.49. The molecule has 1 saturated carbocycles. The number of anilines is 1. The van der Waals surface area contributed by atoms with Crippen LogP contribution in [0.3, 0.4) is 0 Å². The topological polar surface area (TPSA) is 97.2 Å². The summed E-state index contributed by atoms with van der Waals surface area (Å²) in [7, 11) is 0. The van der Waals surface area contributed by atoms with Crippen LogP contribution in [0.5, 0.6) is 0 Å². The van der Waals surface area contributed by atoms with Gasteiger partial charge in [0.05, 0.1) is 31.6 Å². The average molecular weight is 566 g/mol. The first kappa shape index (κ1) is 27.2. The number of morpholine rings is 1. The summed E-state index contributed by atoms with van der Waals surface area (Å²) in [5.74, 6) is 0.921. The number of hydrogen-bond acceptors (Lipinski definition) is 7. The molecule has 3 heterocycles. The second-order valence-corrected chi connectivity index (χ2v) is 10.3. The Hall–Kier alpha value is -4.03. The van der Waals surface area contributed by atoms with Crippen molar-refractivity contribution < 1.29 is 22.7 Å². The van der Waals surface area contributed by atoms with E-state index in [1.54, 1.807) is 23.0 Å². The van der Waals surface area contributed by atoms with Crippen LogP contribution >= 0.6 is 0 Å². The minimum atomic E-state index is -4.39. The zero-order valence-electron chi connectivity index (χ0n) is 22.3. The Bertz CT molecular complexity index is 1510. The predicted molar refractivity (Wildman–Crippen MR) is 148 cm³/mol. The first-order valence-corrected chi connectivity index (χ1v) is 13.7. The molecule has 1 saturated heterocycles. The maximum atomic E-state index is 13.0. The number of aromatic nitrogens is 4. The molecule has 4 aromatic rings. The number of nitrogens with one attached hydrogen (secondary N) is 2. The van der Waals surface area contributed by atoms with Crippen molar-refractivity contribution in [1.29, 1.82) is 0 Å². The quantitative estimate of drug-likeness (QED) is 0.314. The largest absolute Gasteiger partial charge is 0.416 e. The Morgan fingerprint density at radius 1 is 1.00 bits per heavy atom. The van der Waals surface area contributed by atoms with Gasteiger partial charge in [0.2, 0.25) is 0 Å². The number of halogens is 3. The van der Waals surface area contributed by atoms with Gasteiger partial charge < -0.3 is 19.9 Å². The minimum absolute atomic E-state index is 0.101. The van der Waals surface area contributed by atoms with Gasteiger partial charge in [-0.3, -0.25) is 9.69 Å². The van der Waals surface area contributed by atoms with Crippen LogP contribution in [0.2, 0.25) is 0 Å². The van der Waals surface area contributed by atoms with Crippen LogP contribution in [0, 0.1) is 0 Å². The highest BCUT2D eigenvalue weighted by molar-refractivity contribution is 5.95. The molecule has 41 heavy (non-hydrogen) atoms. The number of carbonyl (C=O) groups excluding carboxylic acids is 1. The van der Waals surface area contributed by atoms with Gasteiger partial charge in [-0.2, -0.15) is 13.2 Å². The van der Waals surface area contributed by atoms with E-state index in [-0.39, 0.29) is 11.9 Å². The Kier molecular flexibility index (Phi) is 7.59. The fourth-order valence-electron chi connectivity index (χ4n) is 4.73. The van der Waals surface area contributed by atoms with Gasteiger partial charge in [-0.1, -0.05) is 24.3 Å². The molecule has 2 fully saturated rings. The Balaban J connectivity index is 1.28. The summed E-state index contributed by atoms with van der Waals surface area (Å²) in [6.45, 7) is 4.90. The van der Waals surface area contributed by atoms with Crippen LogP contribution < -0.4 is 10.6 Å². The second-order valence-electron chi connectivity index (χ2n) is 10.3. The lowest BCUT2D eigenvalue weighted by atomic mass is 10.1. The Labute approximate surface area is 234 Å². The van der Waals surface area contributed by atoms with Gasteiger partial charge in [0.25, 0.3) is 5.91 Å². The van der Waals surface area contributed by atoms with Crippen molar-refractivity contribution in [2.24, 2.45) is 0 Å². The van der Waals surface area contributed by atoms with Crippen LogP contribution in [0.25, 0.3) is 22.6 Å². The van der Waals surface area contributed by atoms with E-state index in [1.165, 1.54) is 12.1 Å². The highest BCUT2D eigenvalue weighted by Gasteiger charge is 2.30. The van der Waals surface area contributed by atoms with Gasteiger partial charge >= 0.3 is 6.18 Å². The lowest BCUT2D eigenvalue weighted by molar-refractivity contribution is -0.137. The third-order valence-electron chi connectivity index (χ3n) is 7.24. The zero-order valence-corrected chi connectivity index (χ0v) is 22.3. The van der Waals surface area contributed by atoms with Crippen LogP contribution in [-0.2, 0) is 17.5 Å². The summed E-state index contributed by atoms with van der Waals surface area (Å²) in [6, 6.07) is 12.5. The maximum Gasteiger partial charge on any atom is 0.416 e. The molecule has 0 atom stereocenters. The van der Waals surface area contributed by atoms with Crippen molar-refractivity contribution in [3.05, 3.63) is 71.5 Å². The van der Waals surface area contributed by atoms with E-state index in [4.69, 9.17) is 14.7 Å². The molecule has 214 valence electrons. The van der Waals surface area contributed by atoms with Crippen molar-refractivity contribution in [2.45, 2.75) is 31.6 Å². The van der Waals surface area contributed by atoms with Crippen molar-refractivity contribution in [2.75, 3.05) is 44.7 Å². The van der Waals surface area contributed by atoms with Gasteiger partial charge in [0.15, 0.2) is 17.3 Å². The molecule has 12 heteroatoms. The third-order valence-corrected chi connectivity index (χ3v) is 7.24. The van der Waals surface area contributed by atoms with E-state index in [2.05, 4.69) is 20.5 Å². The van der Waals surface area contributed by atoms with Gasteiger partial charge in [-0.25, -0.2) is 15.0 Å². The number of amides is 1. The molecule has 2 aliphatic rings. The van der Waals surface area contributed by atoms with Crippen LogP contribution in [0.1, 0.15) is 34.3 Å². The van der Waals surface area contributed by atoms with Crippen LogP contribution in [0.4, 0.5) is 19.0 Å². The van der Waals surface area contributed by atoms with Crippen LogP contribution in [0.15, 0.2) is 54.9 Å². The van der Waals surface area contributed by atoms with E-state index in [1.807, 2.05) is 12.1 Å². The molecule has 2 N–H and O–H groups in total. The molecule has 2 aromatic carbocycles. The highest BCUT2D eigenvalue weighted by Crippen LogP contribution is 2.30. The highest BCUT2D eigenvalue weighted by atomic mass is 19.4. The number of imidazole rings is 1. The number of fused-ring (bicyclic) bond motifs is 1. The molecule has 0 radical (unpaired) electrons. The fraction of sp³-hybridized carbons (Fsp3) is 0.379. The van der Waals surface area contributed by atoms with E-state index in [0.717, 1.165) is 50.2 Å². The van der Waals surface area contributed by atoms with Gasteiger partial charge in [-0.15, -0.1) is 0 Å². The second kappa shape index (κ2) is 11.5. The van der Waals surface area contributed by atoms with Crippen LogP contribution in [-0.4, -0.2) is 75.8 Å². The molecule has 1 aliphatic carbocycles. The predicted octanol–water partition coefficient (Wildman–Crippen LogP) is 4.20. The monoisotopic (exact) mass is 565 g/mol. The van der Waals surface area contributed by atoms with Gasteiger partial charge in [0, 0.05) is 43.3 Å². The fourth-order valence-corrected chi connectivity index (χ4v) is 4.73. The van der Waals surface area contributed by atoms with Gasteiger partial charge in [-0.05, 0) is 42.7 Å². The smallest absolute Gasteiger partial charge is 0.379 e. The molecule has 6 rings (SSSR count). The number of rotatable bonds is 9. The first-order valence-electron chi connectivity index (χ1n) is 13.7. The maximum absolute atomic E-state index is 13.0. The number of carbonyl (C=O) groups is 1. The van der Waals surface area contributed by atoms with Crippen molar-refractivity contribution >= 4 is 22.9 Å². The summed E-state index contributed by atoms with van der Waals surface area (Å²) in [5, 5.41) is 6.39. The standard InChI is InChI=1S/C29H30F3N7O2/c30-29(31,32)22-7-1-19(2-8-22)17-39-18-34-24-26(33-11-12-38-13-15-41-16-14-38)36-25(37-27(24)39)20-3-5-21(6-4-20)28(40)35-23-9-10-23/h1-8,18,23H,9-17H2,(H,35,40)(H,33,36,37). The summed E-state index contributed by atoms with van der Waals surface area (Å²) < 4.78 is 46.3. The van der Waals surface area contributed by atoms with E-state index in [9.17, 15) is 18.0 Å². The molecule has 1 amide bonds. The number of ether oxygens (including phenoxy) is 1. The number of alkyl halides is 3. The zero-order chi connectivity index (χ0) is 28.4. The molecule has 1 aliphatic heterocycles. The van der Waals surface area contributed by atoms with E-state index in [0.29, 0.717) is 60.2 Å². The summed E-state index contributed by atoms with van der Waals surface area (Å²) in [5.41, 5.74) is 2.42. The normalized spacial score (nSPS) is 16.2. The molecular formula is C29H30F3N7O2. The lowest BCUT2D eigenvalue weighted by Crippen LogP contribution is -2.39. The Morgan fingerprint density at radius 3 is 2.41 bits per heavy atom. The molecular weight excluding hydrogens is 535 g/mol. The van der Waals surface area contributed by atoms with E-state index < -0.39 is 11.7 Å². The van der Waals surface area contributed by atoms with Crippen molar-refractivity contribution in [3.8, 4) is 11.4 Å². The van der Waals surface area contributed by atoms with Gasteiger partial charge in [0.1, 0.15) is 5.52 Å².